The van der Waals surface area contributed by atoms with Crippen molar-refractivity contribution in [3.05, 3.63) is 112 Å². The molecule has 0 aliphatic heterocycles. The molecule has 0 bridgehead atoms. The average Bonchev–Trinajstić information content (AvgIpc) is 3.59. The summed E-state index contributed by atoms with van der Waals surface area (Å²) in [6, 6.07) is 24.1. The molecule has 0 amide bonds. The molecule has 0 saturated heterocycles. The van der Waals surface area contributed by atoms with Gasteiger partial charge in [-0.05, 0) is 46.9 Å². The van der Waals surface area contributed by atoms with Gasteiger partial charge < -0.3 is 0 Å². The molecule has 0 fully saturated rings. The third-order valence-electron chi connectivity index (χ3n) is 6.59. The molecule has 0 radical (unpaired) electrons. The number of rotatable bonds is 9. The molecule has 0 saturated carbocycles. The van der Waals surface area contributed by atoms with Gasteiger partial charge in [-0.2, -0.15) is 5.21 Å². The number of carbonyl (C=O) groups is 1. The second-order valence-electron chi connectivity index (χ2n) is 8.98. The summed E-state index contributed by atoms with van der Waals surface area (Å²) in [6.07, 6.45) is 2.17. The minimum absolute atomic E-state index is 0.128. The molecular formula is C29H27FN6O2. The van der Waals surface area contributed by atoms with Crippen molar-refractivity contribution in [3.63, 3.8) is 0 Å². The van der Waals surface area contributed by atoms with E-state index in [4.69, 9.17) is 0 Å². The van der Waals surface area contributed by atoms with Crippen molar-refractivity contribution in [2.45, 2.75) is 39.4 Å². The van der Waals surface area contributed by atoms with E-state index in [1.807, 2.05) is 55.5 Å². The van der Waals surface area contributed by atoms with Gasteiger partial charge in [0, 0.05) is 16.8 Å². The van der Waals surface area contributed by atoms with Crippen LogP contribution in [-0.2, 0) is 19.6 Å². The van der Waals surface area contributed by atoms with E-state index in [2.05, 4.69) is 20.6 Å². The molecule has 9 heteroatoms. The Balaban J connectivity index is 1.51. The zero-order chi connectivity index (χ0) is 26.5. The van der Waals surface area contributed by atoms with Gasteiger partial charge in [0.05, 0.1) is 12.2 Å². The third kappa shape index (κ3) is 4.82. The van der Waals surface area contributed by atoms with Crippen LogP contribution in [0.3, 0.4) is 0 Å². The Labute approximate surface area is 218 Å². The van der Waals surface area contributed by atoms with E-state index in [0.717, 1.165) is 39.7 Å². The monoisotopic (exact) mass is 510 g/mol. The van der Waals surface area contributed by atoms with E-state index in [0.29, 0.717) is 23.5 Å². The van der Waals surface area contributed by atoms with Gasteiger partial charge in [-0.25, -0.2) is 13.8 Å². The molecule has 0 spiro atoms. The van der Waals surface area contributed by atoms with Crippen LogP contribution < -0.4 is 5.69 Å². The van der Waals surface area contributed by atoms with Crippen LogP contribution in [0.5, 0.6) is 0 Å². The number of aromatic amines is 1. The van der Waals surface area contributed by atoms with Crippen molar-refractivity contribution >= 4 is 5.91 Å². The molecule has 5 aromatic rings. The summed E-state index contributed by atoms with van der Waals surface area (Å²) in [5, 5.41) is 14.3. The fourth-order valence-corrected chi connectivity index (χ4v) is 4.66. The van der Waals surface area contributed by atoms with Crippen molar-refractivity contribution in [1.29, 1.82) is 0 Å². The van der Waals surface area contributed by atoms with E-state index in [1.54, 1.807) is 30.3 Å². The summed E-state index contributed by atoms with van der Waals surface area (Å²) in [5.74, 6) is -0.0202. The maximum Gasteiger partial charge on any atom is 0.336 e. The van der Waals surface area contributed by atoms with Crippen molar-refractivity contribution in [1.82, 2.24) is 29.8 Å². The number of nitrogens with zero attached hydrogens (tertiary/aromatic N) is 5. The molecule has 0 unspecified atom stereocenters. The van der Waals surface area contributed by atoms with Gasteiger partial charge in [0.2, 0.25) is 5.82 Å². The highest BCUT2D eigenvalue weighted by molar-refractivity contribution is 5.96. The maximum atomic E-state index is 14.3. The van der Waals surface area contributed by atoms with E-state index < -0.39 is 18.3 Å². The number of H-pyrrole nitrogens is 1. The number of alkyl halides is 1. The standard InChI is InChI=1S/C29H27FN6O2/c1-2-3-13-25-26(18-30)36(28(37)22-9-5-4-6-10-22)29(38)35(25)19-20-14-16-21(17-15-20)23-11-7-8-12-24(23)27-31-33-34-32-27/h4-12,14-17H,2-3,13,18-19H2,1H3,(H,31,32,33,34). The number of halogens is 1. The Bertz CT molecular complexity index is 1590. The smallest absolute Gasteiger partial charge is 0.291 e. The highest BCUT2D eigenvalue weighted by atomic mass is 19.1. The number of aromatic nitrogens is 6. The van der Waals surface area contributed by atoms with Crippen LogP contribution in [0.15, 0.2) is 83.7 Å². The zero-order valence-corrected chi connectivity index (χ0v) is 21.0. The van der Waals surface area contributed by atoms with Crippen LogP contribution in [0.25, 0.3) is 22.5 Å². The lowest BCUT2D eigenvalue weighted by molar-refractivity contribution is 0.0950. The average molecular weight is 511 g/mol. The van der Waals surface area contributed by atoms with Crippen LogP contribution in [0.4, 0.5) is 4.39 Å². The molecule has 192 valence electrons. The Morgan fingerprint density at radius 2 is 1.63 bits per heavy atom. The number of hydrogen-bond acceptors (Lipinski definition) is 5. The molecule has 2 heterocycles. The fraction of sp³-hybridized carbons (Fsp3) is 0.207. The lowest BCUT2D eigenvalue weighted by Crippen LogP contribution is -2.31. The summed E-state index contributed by atoms with van der Waals surface area (Å²) < 4.78 is 16.9. The number of tetrazole rings is 1. The maximum absolute atomic E-state index is 14.3. The molecule has 0 aliphatic carbocycles. The van der Waals surface area contributed by atoms with Crippen LogP contribution in [-0.4, -0.2) is 35.7 Å². The van der Waals surface area contributed by atoms with Crippen LogP contribution in [0.1, 0.15) is 47.1 Å². The highest BCUT2D eigenvalue weighted by Crippen LogP contribution is 2.30. The summed E-state index contributed by atoms with van der Waals surface area (Å²) in [4.78, 5) is 26.8. The molecule has 3 aromatic carbocycles. The lowest BCUT2D eigenvalue weighted by atomic mass is 9.98. The number of imidazole rings is 1. The van der Waals surface area contributed by atoms with Gasteiger partial charge in [-0.15, -0.1) is 10.2 Å². The normalized spacial score (nSPS) is 11.1. The van der Waals surface area contributed by atoms with Gasteiger partial charge in [-0.3, -0.25) is 9.36 Å². The Hall–Kier alpha value is -4.66. The van der Waals surface area contributed by atoms with E-state index in [1.165, 1.54) is 4.57 Å². The van der Waals surface area contributed by atoms with E-state index >= 15 is 0 Å². The van der Waals surface area contributed by atoms with Gasteiger partial charge in [0.1, 0.15) is 6.67 Å². The second kappa shape index (κ2) is 11.2. The van der Waals surface area contributed by atoms with E-state index in [-0.39, 0.29) is 12.2 Å². The number of hydrogen-bond donors (Lipinski definition) is 1. The van der Waals surface area contributed by atoms with Gasteiger partial charge >= 0.3 is 5.69 Å². The lowest BCUT2D eigenvalue weighted by Gasteiger charge is -2.10. The first-order chi connectivity index (χ1) is 18.6. The summed E-state index contributed by atoms with van der Waals surface area (Å²) in [7, 11) is 0. The Morgan fingerprint density at radius 3 is 2.29 bits per heavy atom. The van der Waals surface area contributed by atoms with Crippen molar-refractivity contribution in [2.75, 3.05) is 0 Å². The molecule has 0 aliphatic rings. The molecule has 38 heavy (non-hydrogen) atoms. The van der Waals surface area contributed by atoms with Gasteiger partial charge in [-0.1, -0.05) is 80.1 Å². The highest BCUT2D eigenvalue weighted by Gasteiger charge is 2.24. The van der Waals surface area contributed by atoms with Crippen LogP contribution >= 0.6 is 0 Å². The quantitative estimate of drug-likeness (QED) is 0.299. The number of nitrogens with one attached hydrogen (secondary N) is 1. The molecular weight excluding hydrogens is 483 g/mol. The molecule has 0 atom stereocenters. The fourth-order valence-electron chi connectivity index (χ4n) is 4.66. The first kappa shape index (κ1) is 25.0. The predicted octanol–water partition coefficient (Wildman–Crippen LogP) is 5.05. The van der Waals surface area contributed by atoms with E-state index in [9.17, 15) is 14.0 Å². The third-order valence-corrected chi connectivity index (χ3v) is 6.59. The number of carbonyl (C=O) groups excluding carboxylic acids is 1. The predicted molar refractivity (Wildman–Crippen MR) is 142 cm³/mol. The Morgan fingerprint density at radius 1 is 0.921 bits per heavy atom. The van der Waals surface area contributed by atoms with Gasteiger partial charge in [0.25, 0.3) is 5.91 Å². The molecule has 2 aromatic heterocycles. The first-order valence-corrected chi connectivity index (χ1v) is 12.5. The molecule has 8 nitrogen and oxygen atoms in total. The largest absolute Gasteiger partial charge is 0.336 e. The Kier molecular flexibility index (Phi) is 7.35. The second-order valence-corrected chi connectivity index (χ2v) is 8.98. The number of unbranched alkanes of at least 4 members (excludes halogenated alkanes) is 1. The summed E-state index contributed by atoms with van der Waals surface area (Å²) >= 11 is 0. The zero-order valence-electron chi connectivity index (χ0n) is 21.0. The minimum Gasteiger partial charge on any atom is -0.291 e. The topological polar surface area (TPSA) is 98.5 Å². The summed E-state index contributed by atoms with van der Waals surface area (Å²) in [6.45, 7) is 1.37. The molecule has 5 rings (SSSR count). The molecule has 1 N–H and O–H groups in total. The number of benzene rings is 3. The van der Waals surface area contributed by atoms with Crippen molar-refractivity contribution in [2.24, 2.45) is 0 Å². The van der Waals surface area contributed by atoms with Crippen molar-refractivity contribution in [3.8, 4) is 22.5 Å². The van der Waals surface area contributed by atoms with Crippen molar-refractivity contribution < 1.29 is 9.18 Å². The van der Waals surface area contributed by atoms with Crippen LogP contribution in [0, 0.1) is 0 Å². The first-order valence-electron chi connectivity index (χ1n) is 12.5. The van der Waals surface area contributed by atoms with Crippen LogP contribution in [0.2, 0.25) is 0 Å². The SMILES string of the molecule is CCCCc1c(CF)n(C(=O)c2ccccc2)c(=O)n1Cc1ccc(-c2ccccc2-c2nn[nH]n2)cc1. The summed E-state index contributed by atoms with van der Waals surface area (Å²) in [5.41, 5.74) is 4.11. The minimum atomic E-state index is -0.897. The van der Waals surface area contributed by atoms with Gasteiger partial charge in [0.15, 0.2) is 0 Å².